The molecule has 0 aromatic rings. The maximum atomic E-state index is 10.1. The van der Waals surface area contributed by atoms with Crippen LogP contribution in [0.25, 0.3) is 0 Å². The van der Waals surface area contributed by atoms with Gasteiger partial charge in [-0.2, -0.15) is 0 Å². The van der Waals surface area contributed by atoms with Gasteiger partial charge in [-0.3, -0.25) is 0 Å². The second kappa shape index (κ2) is 12.7. The highest BCUT2D eigenvalue weighted by Gasteiger charge is 2.43. The Labute approximate surface area is 155 Å². The Bertz CT molecular complexity index is 394. The summed E-state index contributed by atoms with van der Waals surface area (Å²) in [5.74, 6) is 6.04. The second-order valence-corrected chi connectivity index (χ2v) is 7.73. The van der Waals surface area contributed by atoms with Gasteiger partial charge in [-0.15, -0.1) is 11.8 Å². The number of aliphatic hydroxyl groups excluding tert-OH is 1. The van der Waals surface area contributed by atoms with Crippen molar-refractivity contribution in [3.63, 3.8) is 0 Å². The van der Waals surface area contributed by atoms with E-state index in [4.69, 9.17) is 9.47 Å². The Morgan fingerprint density at radius 3 is 2.08 bits per heavy atom. The lowest BCUT2D eigenvalue weighted by Gasteiger charge is -2.21. The van der Waals surface area contributed by atoms with Crippen molar-refractivity contribution in [2.75, 3.05) is 0 Å². The molecule has 0 unspecified atom stereocenters. The SMILES string of the molecule is CCCCCCC#CCCCCCC[C@H]1OC(C)(C)O[C@H]1[C@@H](O)CC. The van der Waals surface area contributed by atoms with Crippen LogP contribution >= 0.6 is 0 Å². The van der Waals surface area contributed by atoms with Gasteiger partial charge in [0.25, 0.3) is 0 Å². The molecule has 0 aromatic carbocycles. The van der Waals surface area contributed by atoms with Crippen LogP contribution in [0.4, 0.5) is 0 Å². The molecule has 1 saturated heterocycles. The Morgan fingerprint density at radius 1 is 0.880 bits per heavy atom. The van der Waals surface area contributed by atoms with Crippen LogP contribution in [0.3, 0.4) is 0 Å². The first kappa shape index (κ1) is 22.5. The van der Waals surface area contributed by atoms with Gasteiger partial charge in [-0.05, 0) is 39.5 Å². The van der Waals surface area contributed by atoms with Crippen LogP contribution in [0.2, 0.25) is 0 Å². The Kier molecular flexibility index (Phi) is 11.5. The van der Waals surface area contributed by atoms with Gasteiger partial charge in [0.1, 0.15) is 6.10 Å². The van der Waals surface area contributed by atoms with E-state index in [9.17, 15) is 5.11 Å². The largest absolute Gasteiger partial charge is 0.390 e. The molecule has 1 aliphatic heterocycles. The lowest BCUT2D eigenvalue weighted by atomic mass is 10.00. The van der Waals surface area contributed by atoms with Crippen molar-refractivity contribution >= 4 is 0 Å². The minimum atomic E-state index is -0.571. The van der Waals surface area contributed by atoms with Gasteiger partial charge < -0.3 is 14.6 Å². The summed E-state index contributed by atoms with van der Waals surface area (Å²) in [7, 11) is 0. The first-order chi connectivity index (χ1) is 12.0. The topological polar surface area (TPSA) is 38.7 Å². The van der Waals surface area contributed by atoms with E-state index in [0.29, 0.717) is 6.42 Å². The maximum Gasteiger partial charge on any atom is 0.163 e. The molecule has 0 aromatic heterocycles. The van der Waals surface area contributed by atoms with Gasteiger partial charge in [0.05, 0.1) is 12.2 Å². The number of hydrogen-bond acceptors (Lipinski definition) is 3. The summed E-state index contributed by atoms with van der Waals surface area (Å²) < 4.78 is 11.9. The van der Waals surface area contributed by atoms with E-state index in [0.717, 1.165) is 25.7 Å². The van der Waals surface area contributed by atoms with Crippen LogP contribution < -0.4 is 0 Å². The molecule has 3 nitrogen and oxygen atoms in total. The van der Waals surface area contributed by atoms with E-state index < -0.39 is 11.9 Å². The third-order valence-electron chi connectivity index (χ3n) is 4.84. The monoisotopic (exact) mass is 352 g/mol. The Morgan fingerprint density at radius 2 is 1.48 bits per heavy atom. The fourth-order valence-corrected chi connectivity index (χ4v) is 3.37. The number of rotatable bonds is 12. The van der Waals surface area contributed by atoms with Gasteiger partial charge >= 0.3 is 0 Å². The standard InChI is InChI=1S/C22H40O3/c1-5-7-8-9-10-11-12-13-14-15-16-17-18-20-21(19(23)6-2)25-22(3,4)24-20/h19-21,23H,5-10,13-18H2,1-4H3/t19-,20+,21-/m0/s1. The maximum absolute atomic E-state index is 10.1. The lowest BCUT2D eigenvalue weighted by molar-refractivity contribution is -0.155. The first-order valence-electron chi connectivity index (χ1n) is 10.5. The molecule has 3 heteroatoms. The minimum absolute atomic E-state index is 0.0212. The predicted molar refractivity (Wildman–Crippen MR) is 104 cm³/mol. The summed E-state index contributed by atoms with van der Waals surface area (Å²) in [6.45, 7) is 8.10. The number of unbranched alkanes of at least 4 members (excludes halogenated alkanes) is 8. The van der Waals surface area contributed by atoms with Gasteiger partial charge in [0.2, 0.25) is 0 Å². The second-order valence-electron chi connectivity index (χ2n) is 7.73. The zero-order valence-electron chi connectivity index (χ0n) is 17.0. The van der Waals surface area contributed by atoms with Crippen LogP contribution in [0.5, 0.6) is 0 Å². The van der Waals surface area contributed by atoms with E-state index in [-0.39, 0.29) is 12.2 Å². The average Bonchev–Trinajstić information content (AvgIpc) is 2.90. The van der Waals surface area contributed by atoms with Gasteiger partial charge in [0.15, 0.2) is 5.79 Å². The zero-order valence-corrected chi connectivity index (χ0v) is 17.0. The quantitative estimate of drug-likeness (QED) is 0.367. The van der Waals surface area contributed by atoms with Crippen LogP contribution in [0, 0.1) is 11.8 Å². The van der Waals surface area contributed by atoms with Crippen molar-refractivity contribution in [2.24, 2.45) is 0 Å². The molecule has 0 radical (unpaired) electrons. The molecule has 146 valence electrons. The van der Waals surface area contributed by atoms with E-state index >= 15 is 0 Å². The molecule has 0 bridgehead atoms. The summed E-state index contributed by atoms with van der Waals surface area (Å²) in [5.41, 5.74) is 0. The number of ether oxygens (including phenoxy) is 2. The zero-order chi connectivity index (χ0) is 18.5. The van der Waals surface area contributed by atoms with E-state index in [2.05, 4.69) is 18.8 Å². The molecule has 0 aliphatic carbocycles. The Balaban J connectivity index is 2.08. The third kappa shape index (κ3) is 9.64. The molecular formula is C22H40O3. The molecule has 1 N–H and O–H groups in total. The molecule has 1 fully saturated rings. The Hall–Kier alpha value is -0.560. The summed E-state index contributed by atoms with van der Waals surface area (Å²) in [4.78, 5) is 0. The van der Waals surface area contributed by atoms with E-state index in [1.807, 2.05) is 20.8 Å². The number of aliphatic hydroxyl groups is 1. The van der Waals surface area contributed by atoms with Crippen LogP contribution in [-0.2, 0) is 9.47 Å². The molecule has 0 amide bonds. The molecule has 1 heterocycles. The average molecular weight is 353 g/mol. The van der Waals surface area contributed by atoms with E-state index in [1.165, 1.54) is 44.9 Å². The highest BCUT2D eigenvalue weighted by molar-refractivity contribution is 4.98. The van der Waals surface area contributed by atoms with Crippen LogP contribution in [0.1, 0.15) is 105 Å². The molecule has 25 heavy (non-hydrogen) atoms. The summed E-state index contributed by atoms with van der Waals surface area (Å²) >= 11 is 0. The van der Waals surface area contributed by atoms with Crippen molar-refractivity contribution in [1.82, 2.24) is 0 Å². The molecular weight excluding hydrogens is 312 g/mol. The van der Waals surface area contributed by atoms with Gasteiger partial charge in [0, 0.05) is 12.8 Å². The van der Waals surface area contributed by atoms with Crippen molar-refractivity contribution in [2.45, 2.75) is 129 Å². The van der Waals surface area contributed by atoms with Crippen molar-refractivity contribution in [1.29, 1.82) is 0 Å². The van der Waals surface area contributed by atoms with Crippen molar-refractivity contribution in [3.05, 3.63) is 0 Å². The van der Waals surface area contributed by atoms with Gasteiger partial charge in [-0.1, -0.05) is 52.4 Å². The normalized spacial score (nSPS) is 23.2. The predicted octanol–water partition coefficient (Wildman–Crippen LogP) is 5.59. The number of hydrogen-bond donors (Lipinski definition) is 1. The highest BCUT2D eigenvalue weighted by Crippen LogP contribution is 2.33. The van der Waals surface area contributed by atoms with Gasteiger partial charge in [-0.25, -0.2) is 0 Å². The van der Waals surface area contributed by atoms with Crippen molar-refractivity contribution < 1.29 is 14.6 Å². The summed E-state index contributed by atoms with van der Waals surface area (Å²) in [5, 5.41) is 10.1. The van der Waals surface area contributed by atoms with Crippen LogP contribution in [0.15, 0.2) is 0 Å². The summed E-state index contributed by atoms with van der Waals surface area (Å²) in [6, 6.07) is 0. The van der Waals surface area contributed by atoms with E-state index in [1.54, 1.807) is 0 Å². The fourth-order valence-electron chi connectivity index (χ4n) is 3.37. The molecule has 1 rings (SSSR count). The fraction of sp³-hybridized carbons (Fsp3) is 0.909. The highest BCUT2D eigenvalue weighted by atomic mass is 16.8. The molecule has 3 atom stereocenters. The van der Waals surface area contributed by atoms with Crippen LogP contribution in [-0.4, -0.2) is 29.2 Å². The lowest BCUT2D eigenvalue weighted by Crippen LogP contribution is -2.35. The molecule has 0 spiro atoms. The first-order valence-corrected chi connectivity index (χ1v) is 10.5. The summed E-state index contributed by atoms with van der Waals surface area (Å²) in [6.07, 6.45) is 13.1. The smallest absolute Gasteiger partial charge is 0.163 e. The minimum Gasteiger partial charge on any atom is -0.390 e. The van der Waals surface area contributed by atoms with Crippen molar-refractivity contribution in [3.8, 4) is 11.8 Å². The third-order valence-corrected chi connectivity index (χ3v) is 4.84. The molecule has 1 aliphatic rings. The molecule has 0 saturated carbocycles.